The van der Waals surface area contributed by atoms with Gasteiger partial charge in [0.25, 0.3) is 0 Å². The third-order valence-electron chi connectivity index (χ3n) is 3.03. The first-order valence-electron chi connectivity index (χ1n) is 5.99. The Balaban J connectivity index is 2.07. The Hall–Kier alpha value is -0.800. The molecular weight excluding hydrogens is 236 g/mol. The van der Waals surface area contributed by atoms with Crippen molar-refractivity contribution in [2.75, 3.05) is 11.9 Å². The van der Waals surface area contributed by atoms with Crippen LogP contribution in [-0.4, -0.2) is 23.2 Å². The molecule has 0 bridgehead atoms. The number of halogens is 1. The maximum absolute atomic E-state index is 6.08. The number of anilines is 1. The molecule has 1 unspecified atom stereocenters. The third kappa shape index (κ3) is 3.33. The minimum Gasteiger partial charge on any atom is -0.380 e. The van der Waals surface area contributed by atoms with Gasteiger partial charge in [0.15, 0.2) is 5.15 Å². The molecule has 1 aromatic rings. The van der Waals surface area contributed by atoms with E-state index in [0.717, 1.165) is 30.7 Å². The first-order valence-corrected chi connectivity index (χ1v) is 6.37. The standard InChI is InChI=1S/C13H19ClN2O/c1-9-6-11(12(14)15-8-9)16-10-4-5-17-13(2,3)7-10/h6,8,10,16H,4-5,7H2,1-3H3. The number of nitrogens with zero attached hydrogens (tertiary/aromatic N) is 1. The molecule has 0 aromatic carbocycles. The summed E-state index contributed by atoms with van der Waals surface area (Å²) >= 11 is 6.08. The zero-order valence-electron chi connectivity index (χ0n) is 10.6. The van der Waals surface area contributed by atoms with Crippen LogP contribution in [-0.2, 0) is 4.74 Å². The van der Waals surface area contributed by atoms with E-state index in [1.54, 1.807) is 6.20 Å². The van der Waals surface area contributed by atoms with Crippen molar-refractivity contribution in [1.82, 2.24) is 4.98 Å². The Labute approximate surface area is 108 Å². The summed E-state index contributed by atoms with van der Waals surface area (Å²) in [5, 5.41) is 4.01. The monoisotopic (exact) mass is 254 g/mol. The molecule has 94 valence electrons. The number of ether oxygens (including phenoxy) is 1. The second-order valence-corrected chi connectivity index (χ2v) is 5.65. The van der Waals surface area contributed by atoms with Crippen LogP contribution in [0.1, 0.15) is 32.3 Å². The van der Waals surface area contributed by atoms with E-state index in [1.807, 2.05) is 13.0 Å². The number of hydrogen-bond acceptors (Lipinski definition) is 3. The number of hydrogen-bond donors (Lipinski definition) is 1. The molecule has 17 heavy (non-hydrogen) atoms. The van der Waals surface area contributed by atoms with Crippen molar-refractivity contribution in [3.05, 3.63) is 23.0 Å². The fourth-order valence-electron chi connectivity index (χ4n) is 2.23. The Morgan fingerprint density at radius 3 is 3.00 bits per heavy atom. The molecular formula is C13H19ClN2O. The highest BCUT2D eigenvalue weighted by Crippen LogP contribution is 2.28. The average molecular weight is 255 g/mol. The second-order valence-electron chi connectivity index (χ2n) is 5.29. The van der Waals surface area contributed by atoms with Crippen molar-refractivity contribution in [3.8, 4) is 0 Å². The average Bonchev–Trinajstić information content (AvgIpc) is 2.22. The van der Waals surface area contributed by atoms with Crippen LogP contribution in [0.3, 0.4) is 0 Å². The van der Waals surface area contributed by atoms with Gasteiger partial charge in [-0.25, -0.2) is 4.98 Å². The van der Waals surface area contributed by atoms with Gasteiger partial charge in [0, 0.05) is 18.8 Å². The zero-order valence-corrected chi connectivity index (χ0v) is 11.3. The van der Waals surface area contributed by atoms with Gasteiger partial charge < -0.3 is 10.1 Å². The lowest BCUT2D eigenvalue weighted by Gasteiger charge is -2.36. The molecule has 0 saturated carbocycles. The molecule has 1 fully saturated rings. The zero-order chi connectivity index (χ0) is 12.5. The molecule has 0 radical (unpaired) electrons. The van der Waals surface area contributed by atoms with Crippen LogP contribution in [0.15, 0.2) is 12.3 Å². The van der Waals surface area contributed by atoms with E-state index in [-0.39, 0.29) is 5.60 Å². The van der Waals surface area contributed by atoms with Crippen LogP contribution in [0.5, 0.6) is 0 Å². The minimum absolute atomic E-state index is 0.0559. The predicted octanol–water partition coefficient (Wildman–Crippen LogP) is 3.41. The SMILES string of the molecule is Cc1cnc(Cl)c(NC2CCOC(C)(C)C2)c1. The third-order valence-corrected chi connectivity index (χ3v) is 3.33. The number of aromatic nitrogens is 1. The van der Waals surface area contributed by atoms with Crippen molar-refractivity contribution in [2.24, 2.45) is 0 Å². The van der Waals surface area contributed by atoms with E-state index >= 15 is 0 Å². The van der Waals surface area contributed by atoms with E-state index in [1.165, 1.54) is 0 Å². The topological polar surface area (TPSA) is 34.2 Å². The van der Waals surface area contributed by atoms with Crippen LogP contribution >= 0.6 is 11.6 Å². The highest BCUT2D eigenvalue weighted by molar-refractivity contribution is 6.31. The summed E-state index contributed by atoms with van der Waals surface area (Å²) in [5.74, 6) is 0. The lowest BCUT2D eigenvalue weighted by Crippen LogP contribution is -2.40. The maximum atomic E-state index is 6.08. The number of nitrogens with one attached hydrogen (secondary N) is 1. The summed E-state index contributed by atoms with van der Waals surface area (Å²) in [5.41, 5.74) is 1.98. The van der Waals surface area contributed by atoms with Gasteiger partial charge in [-0.05, 0) is 45.2 Å². The summed E-state index contributed by atoms with van der Waals surface area (Å²) in [6.45, 7) is 7.05. The maximum Gasteiger partial charge on any atom is 0.152 e. The smallest absolute Gasteiger partial charge is 0.152 e. The quantitative estimate of drug-likeness (QED) is 0.822. The molecule has 3 nitrogen and oxygen atoms in total. The molecule has 1 aromatic heterocycles. The van der Waals surface area contributed by atoms with Crippen LogP contribution in [0.2, 0.25) is 5.15 Å². The van der Waals surface area contributed by atoms with Gasteiger partial charge in [-0.1, -0.05) is 11.6 Å². The minimum atomic E-state index is -0.0559. The largest absolute Gasteiger partial charge is 0.380 e. The molecule has 2 heterocycles. The molecule has 0 amide bonds. The lowest BCUT2D eigenvalue weighted by molar-refractivity contribution is -0.0553. The van der Waals surface area contributed by atoms with E-state index in [0.29, 0.717) is 11.2 Å². The van der Waals surface area contributed by atoms with Crippen LogP contribution in [0.25, 0.3) is 0 Å². The van der Waals surface area contributed by atoms with Gasteiger partial charge in [0.1, 0.15) is 0 Å². The Morgan fingerprint density at radius 2 is 2.29 bits per heavy atom. The number of aryl methyl sites for hydroxylation is 1. The molecule has 0 aliphatic carbocycles. The molecule has 2 rings (SSSR count). The van der Waals surface area contributed by atoms with Crippen molar-refractivity contribution in [3.63, 3.8) is 0 Å². The molecule has 1 aliphatic rings. The Bertz CT molecular complexity index is 406. The van der Waals surface area contributed by atoms with Crippen molar-refractivity contribution >= 4 is 17.3 Å². The fraction of sp³-hybridized carbons (Fsp3) is 0.615. The molecule has 0 spiro atoms. The fourth-order valence-corrected chi connectivity index (χ4v) is 2.39. The number of pyridine rings is 1. The molecule has 1 N–H and O–H groups in total. The highest BCUT2D eigenvalue weighted by atomic mass is 35.5. The van der Waals surface area contributed by atoms with Crippen molar-refractivity contribution in [2.45, 2.75) is 45.3 Å². The Morgan fingerprint density at radius 1 is 1.53 bits per heavy atom. The van der Waals surface area contributed by atoms with Gasteiger partial charge >= 0.3 is 0 Å². The molecule has 4 heteroatoms. The van der Waals surface area contributed by atoms with E-state index < -0.39 is 0 Å². The van der Waals surface area contributed by atoms with Gasteiger partial charge in [0.2, 0.25) is 0 Å². The highest BCUT2D eigenvalue weighted by Gasteiger charge is 2.29. The first kappa shape index (κ1) is 12.7. The van der Waals surface area contributed by atoms with Gasteiger partial charge in [0.05, 0.1) is 11.3 Å². The van der Waals surface area contributed by atoms with Crippen LogP contribution in [0, 0.1) is 6.92 Å². The van der Waals surface area contributed by atoms with E-state index in [4.69, 9.17) is 16.3 Å². The van der Waals surface area contributed by atoms with Gasteiger partial charge in [-0.3, -0.25) is 0 Å². The predicted molar refractivity (Wildman–Crippen MR) is 70.7 cm³/mol. The summed E-state index contributed by atoms with van der Waals surface area (Å²) < 4.78 is 5.70. The van der Waals surface area contributed by atoms with Gasteiger partial charge in [-0.15, -0.1) is 0 Å². The second kappa shape index (κ2) is 4.83. The summed E-state index contributed by atoms with van der Waals surface area (Å²) in [7, 11) is 0. The number of rotatable bonds is 2. The first-order chi connectivity index (χ1) is 7.96. The normalized spacial score (nSPS) is 23.4. The Kier molecular flexibility index (Phi) is 3.59. The van der Waals surface area contributed by atoms with Gasteiger partial charge in [-0.2, -0.15) is 0 Å². The summed E-state index contributed by atoms with van der Waals surface area (Å²) in [4.78, 5) is 4.15. The van der Waals surface area contributed by atoms with Crippen LogP contribution < -0.4 is 5.32 Å². The van der Waals surface area contributed by atoms with Crippen LogP contribution in [0.4, 0.5) is 5.69 Å². The lowest BCUT2D eigenvalue weighted by atomic mass is 9.94. The summed E-state index contributed by atoms with van der Waals surface area (Å²) in [6, 6.07) is 2.44. The molecule has 1 aliphatic heterocycles. The van der Waals surface area contributed by atoms with Crippen molar-refractivity contribution < 1.29 is 4.74 Å². The summed E-state index contributed by atoms with van der Waals surface area (Å²) in [6.07, 6.45) is 3.77. The van der Waals surface area contributed by atoms with Crippen molar-refractivity contribution in [1.29, 1.82) is 0 Å². The van der Waals surface area contributed by atoms with E-state index in [2.05, 4.69) is 24.1 Å². The van der Waals surface area contributed by atoms with E-state index in [9.17, 15) is 0 Å². The molecule has 1 saturated heterocycles. The molecule has 1 atom stereocenters.